The zero-order chi connectivity index (χ0) is 18.7. The van der Waals surface area contributed by atoms with Gasteiger partial charge < -0.3 is 9.80 Å². The van der Waals surface area contributed by atoms with Gasteiger partial charge in [-0.25, -0.2) is 4.79 Å². The molecule has 0 aliphatic carbocycles. The SMILES string of the molecule is CN(C)CCn1ccc(NC(=O)N2CCc3ccccc3C(C)(C)C2)n1. The number of aromatic nitrogens is 2. The van der Waals surface area contributed by atoms with Crippen molar-refractivity contribution in [3.8, 4) is 0 Å². The fourth-order valence-electron chi connectivity index (χ4n) is 3.51. The first-order chi connectivity index (χ1) is 12.3. The molecule has 2 aromatic rings. The van der Waals surface area contributed by atoms with Crippen molar-refractivity contribution in [3.05, 3.63) is 47.7 Å². The molecule has 0 radical (unpaired) electrons. The van der Waals surface area contributed by atoms with Crippen LogP contribution in [0.3, 0.4) is 0 Å². The van der Waals surface area contributed by atoms with Crippen molar-refractivity contribution >= 4 is 11.8 Å². The lowest BCUT2D eigenvalue weighted by Crippen LogP contribution is -2.42. The Balaban J connectivity index is 1.66. The molecule has 0 spiro atoms. The van der Waals surface area contributed by atoms with Gasteiger partial charge in [-0.2, -0.15) is 5.10 Å². The summed E-state index contributed by atoms with van der Waals surface area (Å²) in [5, 5.41) is 7.40. The first-order valence-corrected chi connectivity index (χ1v) is 9.18. The summed E-state index contributed by atoms with van der Waals surface area (Å²) < 4.78 is 1.86. The molecule has 3 rings (SSSR count). The van der Waals surface area contributed by atoms with E-state index >= 15 is 0 Å². The molecule has 1 aromatic heterocycles. The van der Waals surface area contributed by atoms with Crippen molar-refractivity contribution < 1.29 is 4.79 Å². The van der Waals surface area contributed by atoms with Crippen LogP contribution in [-0.2, 0) is 18.4 Å². The van der Waals surface area contributed by atoms with Crippen LogP contribution < -0.4 is 5.32 Å². The predicted octanol–water partition coefficient (Wildman–Crippen LogP) is 2.81. The number of likely N-dealkylation sites (N-methyl/N-ethyl adjacent to an activating group) is 1. The molecule has 1 aromatic carbocycles. The minimum Gasteiger partial charge on any atom is -0.323 e. The van der Waals surface area contributed by atoms with Crippen molar-refractivity contribution in [2.45, 2.75) is 32.2 Å². The van der Waals surface area contributed by atoms with Crippen LogP contribution in [0.25, 0.3) is 0 Å². The molecule has 2 amide bonds. The van der Waals surface area contributed by atoms with Gasteiger partial charge in [-0.3, -0.25) is 10.00 Å². The number of carbonyl (C=O) groups excluding carboxylic acids is 1. The molecule has 26 heavy (non-hydrogen) atoms. The monoisotopic (exact) mass is 355 g/mol. The normalized spacial score (nSPS) is 16.3. The van der Waals surface area contributed by atoms with Crippen molar-refractivity contribution in [1.82, 2.24) is 19.6 Å². The second kappa shape index (κ2) is 7.50. The van der Waals surface area contributed by atoms with Crippen molar-refractivity contribution in [3.63, 3.8) is 0 Å². The first kappa shape index (κ1) is 18.5. The van der Waals surface area contributed by atoms with Crippen LogP contribution in [0.2, 0.25) is 0 Å². The summed E-state index contributed by atoms with van der Waals surface area (Å²) in [6.07, 6.45) is 2.78. The van der Waals surface area contributed by atoms with Gasteiger partial charge >= 0.3 is 6.03 Å². The molecular weight excluding hydrogens is 326 g/mol. The number of carbonyl (C=O) groups is 1. The zero-order valence-corrected chi connectivity index (χ0v) is 16.2. The maximum atomic E-state index is 12.8. The number of nitrogens with one attached hydrogen (secondary N) is 1. The van der Waals surface area contributed by atoms with Crippen LogP contribution in [0, 0.1) is 0 Å². The molecule has 6 heteroatoms. The van der Waals surface area contributed by atoms with E-state index in [1.54, 1.807) is 0 Å². The van der Waals surface area contributed by atoms with Gasteiger partial charge in [0.2, 0.25) is 0 Å². The van der Waals surface area contributed by atoms with Crippen molar-refractivity contribution in [1.29, 1.82) is 0 Å². The smallest absolute Gasteiger partial charge is 0.323 e. The van der Waals surface area contributed by atoms with Crippen LogP contribution >= 0.6 is 0 Å². The summed E-state index contributed by atoms with van der Waals surface area (Å²) in [6, 6.07) is 10.3. The standard InChI is InChI=1S/C20H29N5O/c1-20(2)15-24(11-9-16-7-5-6-8-17(16)20)19(26)21-18-10-12-25(22-18)14-13-23(3)4/h5-8,10,12H,9,11,13-15H2,1-4H3,(H,21,22,26). The number of hydrogen-bond acceptors (Lipinski definition) is 3. The Morgan fingerprint density at radius 3 is 2.81 bits per heavy atom. The maximum Gasteiger partial charge on any atom is 0.323 e. The Morgan fingerprint density at radius 2 is 2.04 bits per heavy atom. The number of fused-ring (bicyclic) bond motifs is 1. The fraction of sp³-hybridized carbons (Fsp3) is 0.500. The molecule has 0 saturated carbocycles. The topological polar surface area (TPSA) is 53.4 Å². The number of urea groups is 1. The van der Waals surface area contributed by atoms with Crippen LogP contribution in [0.4, 0.5) is 10.6 Å². The fourth-order valence-corrected chi connectivity index (χ4v) is 3.51. The van der Waals surface area contributed by atoms with E-state index in [4.69, 9.17) is 0 Å². The highest BCUT2D eigenvalue weighted by atomic mass is 16.2. The van der Waals surface area contributed by atoms with Gasteiger partial charge in [0.25, 0.3) is 0 Å². The van der Waals surface area contributed by atoms with Gasteiger partial charge in [0.15, 0.2) is 5.82 Å². The van der Waals surface area contributed by atoms with E-state index < -0.39 is 0 Å². The largest absolute Gasteiger partial charge is 0.323 e. The maximum absolute atomic E-state index is 12.8. The Hall–Kier alpha value is -2.34. The second-order valence-electron chi connectivity index (χ2n) is 7.91. The Bertz CT molecular complexity index is 765. The quantitative estimate of drug-likeness (QED) is 0.918. The summed E-state index contributed by atoms with van der Waals surface area (Å²) in [6.45, 7) is 7.52. The van der Waals surface area contributed by atoms with Crippen molar-refractivity contribution in [2.75, 3.05) is 39.0 Å². The van der Waals surface area contributed by atoms with Gasteiger partial charge in [-0.1, -0.05) is 38.1 Å². The van der Waals surface area contributed by atoms with Gasteiger partial charge in [0.05, 0.1) is 6.54 Å². The van der Waals surface area contributed by atoms with Gasteiger partial charge in [0, 0.05) is 37.3 Å². The molecule has 2 heterocycles. The molecule has 0 fully saturated rings. The number of anilines is 1. The summed E-state index contributed by atoms with van der Waals surface area (Å²) in [5.41, 5.74) is 2.60. The molecule has 0 saturated heterocycles. The molecule has 0 bridgehead atoms. The summed E-state index contributed by atoms with van der Waals surface area (Å²) in [7, 11) is 4.07. The average Bonchev–Trinajstić information content (AvgIpc) is 2.98. The highest BCUT2D eigenvalue weighted by molar-refractivity contribution is 5.88. The van der Waals surface area contributed by atoms with E-state index in [2.05, 4.69) is 53.4 Å². The number of benzene rings is 1. The lowest BCUT2D eigenvalue weighted by molar-refractivity contribution is 0.202. The Morgan fingerprint density at radius 1 is 1.27 bits per heavy atom. The van der Waals surface area contributed by atoms with E-state index in [1.807, 2.05) is 35.9 Å². The first-order valence-electron chi connectivity index (χ1n) is 9.18. The Labute approximate surface area is 155 Å². The average molecular weight is 355 g/mol. The van der Waals surface area contributed by atoms with E-state index in [0.29, 0.717) is 18.9 Å². The van der Waals surface area contributed by atoms with Gasteiger partial charge in [-0.15, -0.1) is 0 Å². The number of nitrogens with zero attached hydrogens (tertiary/aromatic N) is 4. The molecular formula is C20H29N5O. The van der Waals surface area contributed by atoms with Crippen molar-refractivity contribution in [2.24, 2.45) is 0 Å². The lowest BCUT2D eigenvalue weighted by Gasteiger charge is -2.30. The van der Waals surface area contributed by atoms with Crippen LogP contribution in [0.5, 0.6) is 0 Å². The molecule has 140 valence electrons. The molecule has 6 nitrogen and oxygen atoms in total. The minimum absolute atomic E-state index is 0.0739. The molecule has 1 N–H and O–H groups in total. The van der Waals surface area contributed by atoms with Gasteiger partial charge in [-0.05, 0) is 31.6 Å². The van der Waals surface area contributed by atoms with E-state index in [-0.39, 0.29) is 11.4 Å². The van der Waals surface area contributed by atoms with E-state index in [1.165, 1.54) is 11.1 Å². The zero-order valence-electron chi connectivity index (χ0n) is 16.2. The predicted molar refractivity (Wildman–Crippen MR) is 105 cm³/mol. The summed E-state index contributed by atoms with van der Waals surface area (Å²) in [4.78, 5) is 16.8. The van der Waals surface area contributed by atoms with E-state index in [9.17, 15) is 4.79 Å². The third kappa shape index (κ3) is 4.25. The second-order valence-corrected chi connectivity index (χ2v) is 7.91. The highest BCUT2D eigenvalue weighted by Crippen LogP contribution is 2.30. The van der Waals surface area contributed by atoms with E-state index in [0.717, 1.165) is 19.5 Å². The number of amides is 2. The molecule has 1 aliphatic heterocycles. The molecule has 0 atom stereocenters. The van der Waals surface area contributed by atoms with Gasteiger partial charge in [0.1, 0.15) is 0 Å². The minimum atomic E-state index is -0.0799. The van der Waals surface area contributed by atoms with Crippen LogP contribution in [0.1, 0.15) is 25.0 Å². The molecule has 1 aliphatic rings. The van der Waals surface area contributed by atoms with Crippen LogP contribution in [0.15, 0.2) is 36.5 Å². The highest BCUT2D eigenvalue weighted by Gasteiger charge is 2.31. The molecule has 0 unspecified atom stereocenters. The third-order valence-electron chi connectivity index (χ3n) is 4.92. The third-order valence-corrected chi connectivity index (χ3v) is 4.92. The van der Waals surface area contributed by atoms with Crippen LogP contribution in [-0.4, -0.2) is 59.3 Å². The lowest BCUT2D eigenvalue weighted by atomic mass is 9.82. The Kier molecular flexibility index (Phi) is 5.32. The number of hydrogen-bond donors (Lipinski definition) is 1. The summed E-state index contributed by atoms with van der Waals surface area (Å²) >= 11 is 0. The number of rotatable bonds is 4. The summed E-state index contributed by atoms with van der Waals surface area (Å²) in [5.74, 6) is 0.605.